The van der Waals surface area contributed by atoms with Crippen molar-refractivity contribution in [2.24, 2.45) is 0 Å². The molecule has 2 aromatic rings. The fraction of sp³-hybridized carbons (Fsp3) is 0.231. The summed E-state index contributed by atoms with van der Waals surface area (Å²) in [5.74, 6) is 0.823. The fourth-order valence-corrected chi connectivity index (χ4v) is 1.63. The average molecular weight is 248 g/mol. The highest BCUT2D eigenvalue weighted by molar-refractivity contribution is 6.30. The lowest BCUT2D eigenvalue weighted by Crippen LogP contribution is -2.18. The van der Waals surface area contributed by atoms with Crippen LogP contribution in [0, 0.1) is 0 Å². The van der Waals surface area contributed by atoms with E-state index in [4.69, 9.17) is 11.6 Å². The Hall–Kier alpha value is -1.45. The van der Waals surface area contributed by atoms with Gasteiger partial charge in [0.1, 0.15) is 5.82 Å². The van der Waals surface area contributed by atoms with Crippen LogP contribution in [0.15, 0.2) is 42.7 Å². The SMILES string of the molecule is Clc1ccc(CCNCc2ncccn2)cc1. The van der Waals surface area contributed by atoms with Gasteiger partial charge in [-0.15, -0.1) is 0 Å². The molecule has 0 saturated carbocycles. The summed E-state index contributed by atoms with van der Waals surface area (Å²) in [6.45, 7) is 1.61. The first kappa shape index (κ1) is 12.0. The van der Waals surface area contributed by atoms with Crippen LogP contribution in [-0.4, -0.2) is 16.5 Å². The third-order valence-electron chi connectivity index (χ3n) is 2.41. The number of benzene rings is 1. The number of aromatic nitrogens is 2. The van der Waals surface area contributed by atoms with E-state index in [9.17, 15) is 0 Å². The molecular weight excluding hydrogens is 234 g/mol. The zero-order valence-electron chi connectivity index (χ0n) is 9.44. The van der Waals surface area contributed by atoms with Crippen molar-refractivity contribution in [2.45, 2.75) is 13.0 Å². The molecule has 0 bridgehead atoms. The smallest absolute Gasteiger partial charge is 0.141 e. The summed E-state index contributed by atoms with van der Waals surface area (Å²) in [5.41, 5.74) is 1.27. The largest absolute Gasteiger partial charge is 0.310 e. The van der Waals surface area contributed by atoms with Crippen molar-refractivity contribution in [3.63, 3.8) is 0 Å². The van der Waals surface area contributed by atoms with Gasteiger partial charge < -0.3 is 5.32 Å². The highest BCUT2D eigenvalue weighted by Crippen LogP contribution is 2.09. The van der Waals surface area contributed by atoms with Gasteiger partial charge in [-0.2, -0.15) is 0 Å². The molecule has 0 aliphatic heterocycles. The van der Waals surface area contributed by atoms with Crippen LogP contribution >= 0.6 is 11.6 Å². The Morgan fingerprint density at radius 1 is 1.06 bits per heavy atom. The van der Waals surface area contributed by atoms with E-state index in [0.29, 0.717) is 6.54 Å². The summed E-state index contributed by atoms with van der Waals surface area (Å²) in [7, 11) is 0. The van der Waals surface area contributed by atoms with Crippen molar-refractivity contribution in [3.05, 3.63) is 59.1 Å². The van der Waals surface area contributed by atoms with Crippen LogP contribution in [0.5, 0.6) is 0 Å². The maximum absolute atomic E-state index is 5.82. The van der Waals surface area contributed by atoms with Crippen LogP contribution < -0.4 is 5.32 Å². The number of hydrogen-bond donors (Lipinski definition) is 1. The van der Waals surface area contributed by atoms with E-state index in [0.717, 1.165) is 23.8 Å². The Balaban J connectivity index is 1.71. The van der Waals surface area contributed by atoms with E-state index >= 15 is 0 Å². The van der Waals surface area contributed by atoms with Gasteiger partial charge >= 0.3 is 0 Å². The molecular formula is C13H14ClN3. The van der Waals surface area contributed by atoms with Crippen LogP contribution in [0.4, 0.5) is 0 Å². The minimum absolute atomic E-state index is 0.703. The van der Waals surface area contributed by atoms with E-state index in [-0.39, 0.29) is 0 Å². The van der Waals surface area contributed by atoms with E-state index in [1.807, 2.05) is 30.3 Å². The molecule has 1 heterocycles. The van der Waals surface area contributed by atoms with Crippen molar-refractivity contribution in [1.29, 1.82) is 0 Å². The topological polar surface area (TPSA) is 37.8 Å². The number of hydrogen-bond acceptors (Lipinski definition) is 3. The highest BCUT2D eigenvalue weighted by Gasteiger charge is 1.95. The molecule has 0 saturated heterocycles. The molecule has 88 valence electrons. The molecule has 0 spiro atoms. The van der Waals surface area contributed by atoms with Gasteiger partial charge in [0.05, 0.1) is 6.54 Å². The number of rotatable bonds is 5. The quantitative estimate of drug-likeness (QED) is 0.825. The Morgan fingerprint density at radius 2 is 1.76 bits per heavy atom. The summed E-state index contributed by atoms with van der Waals surface area (Å²) in [6, 6.07) is 9.73. The van der Waals surface area contributed by atoms with E-state index < -0.39 is 0 Å². The van der Waals surface area contributed by atoms with Crippen LogP contribution in [0.25, 0.3) is 0 Å². The van der Waals surface area contributed by atoms with Gasteiger partial charge in [-0.1, -0.05) is 23.7 Å². The second-order valence-electron chi connectivity index (χ2n) is 3.72. The molecule has 0 aliphatic rings. The molecule has 0 amide bonds. The maximum atomic E-state index is 5.82. The fourth-order valence-electron chi connectivity index (χ4n) is 1.51. The summed E-state index contributed by atoms with van der Waals surface area (Å²) >= 11 is 5.82. The summed E-state index contributed by atoms with van der Waals surface area (Å²) < 4.78 is 0. The number of nitrogens with zero attached hydrogens (tertiary/aromatic N) is 2. The van der Waals surface area contributed by atoms with Crippen molar-refractivity contribution in [3.8, 4) is 0 Å². The predicted octanol–water partition coefficient (Wildman–Crippen LogP) is 2.46. The van der Waals surface area contributed by atoms with Crippen LogP contribution in [-0.2, 0) is 13.0 Å². The predicted molar refractivity (Wildman–Crippen MR) is 68.9 cm³/mol. The second kappa shape index (κ2) is 6.33. The molecule has 0 fully saturated rings. The van der Waals surface area contributed by atoms with Gasteiger partial charge in [0.2, 0.25) is 0 Å². The van der Waals surface area contributed by atoms with E-state index in [2.05, 4.69) is 15.3 Å². The van der Waals surface area contributed by atoms with Crippen molar-refractivity contribution in [2.75, 3.05) is 6.54 Å². The second-order valence-corrected chi connectivity index (χ2v) is 4.15. The van der Waals surface area contributed by atoms with E-state index in [1.54, 1.807) is 12.4 Å². The lowest BCUT2D eigenvalue weighted by atomic mass is 10.1. The zero-order valence-corrected chi connectivity index (χ0v) is 10.2. The first-order chi connectivity index (χ1) is 8.34. The molecule has 0 radical (unpaired) electrons. The van der Waals surface area contributed by atoms with Gasteiger partial charge in [-0.3, -0.25) is 0 Å². The van der Waals surface area contributed by atoms with Gasteiger partial charge in [0.15, 0.2) is 0 Å². The van der Waals surface area contributed by atoms with Crippen LogP contribution in [0.2, 0.25) is 5.02 Å². The molecule has 0 atom stereocenters. The van der Waals surface area contributed by atoms with Gasteiger partial charge in [0.25, 0.3) is 0 Å². The average Bonchev–Trinajstić information content (AvgIpc) is 2.38. The summed E-state index contributed by atoms with van der Waals surface area (Å²) in [4.78, 5) is 8.29. The van der Waals surface area contributed by atoms with Crippen LogP contribution in [0.3, 0.4) is 0 Å². The molecule has 1 aromatic carbocycles. The Labute approximate surface area is 106 Å². The lowest BCUT2D eigenvalue weighted by molar-refractivity contribution is 0.659. The minimum Gasteiger partial charge on any atom is -0.310 e. The van der Waals surface area contributed by atoms with Gasteiger partial charge in [0, 0.05) is 17.4 Å². The first-order valence-electron chi connectivity index (χ1n) is 5.55. The standard InChI is InChI=1S/C13H14ClN3/c14-12-4-2-11(3-5-12)6-9-15-10-13-16-7-1-8-17-13/h1-5,7-8,15H,6,9-10H2. The van der Waals surface area contributed by atoms with Crippen molar-refractivity contribution in [1.82, 2.24) is 15.3 Å². The number of halogens is 1. The van der Waals surface area contributed by atoms with Crippen molar-refractivity contribution >= 4 is 11.6 Å². The number of nitrogens with one attached hydrogen (secondary N) is 1. The third-order valence-corrected chi connectivity index (χ3v) is 2.66. The molecule has 2 rings (SSSR count). The first-order valence-corrected chi connectivity index (χ1v) is 5.93. The molecule has 1 N–H and O–H groups in total. The molecule has 0 unspecified atom stereocenters. The Morgan fingerprint density at radius 3 is 2.47 bits per heavy atom. The minimum atomic E-state index is 0.703. The molecule has 0 aliphatic carbocycles. The summed E-state index contributed by atoms with van der Waals surface area (Å²) in [6.07, 6.45) is 4.48. The highest BCUT2D eigenvalue weighted by atomic mass is 35.5. The van der Waals surface area contributed by atoms with Gasteiger partial charge in [-0.25, -0.2) is 9.97 Å². The molecule has 1 aromatic heterocycles. The maximum Gasteiger partial charge on any atom is 0.141 e. The lowest BCUT2D eigenvalue weighted by Gasteiger charge is -2.04. The Kier molecular flexibility index (Phi) is 4.47. The molecule has 3 nitrogen and oxygen atoms in total. The third kappa shape index (κ3) is 4.13. The Bertz CT molecular complexity index is 442. The molecule has 4 heteroatoms. The normalized spacial score (nSPS) is 10.4. The monoisotopic (exact) mass is 247 g/mol. The molecule has 17 heavy (non-hydrogen) atoms. The summed E-state index contributed by atoms with van der Waals surface area (Å²) in [5, 5.41) is 4.08. The van der Waals surface area contributed by atoms with Crippen molar-refractivity contribution < 1.29 is 0 Å². The van der Waals surface area contributed by atoms with Crippen LogP contribution in [0.1, 0.15) is 11.4 Å². The zero-order chi connectivity index (χ0) is 11.9. The van der Waals surface area contributed by atoms with Gasteiger partial charge in [-0.05, 0) is 36.7 Å². The van der Waals surface area contributed by atoms with E-state index in [1.165, 1.54) is 5.56 Å².